The lowest BCUT2D eigenvalue weighted by Gasteiger charge is -2.18. The number of hydrogen-bond donors (Lipinski definition) is 0. The topological polar surface area (TPSA) is 82.9 Å². The maximum absolute atomic E-state index is 12.6. The van der Waals surface area contributed by atoms with Gasteiger partial charge in [-0.25, -0.2) is 9.46 Å². The molecule has 0 saturated heterocycles. The van der Waals surface area contributed by atoms with E-state index in [1.165, 1.54) is 0 Å². The van der Waals surface area contributed by atoms with Crippen LogP contribution in [0, 0.1) is 24.3 Å². The van der Waals surface area contributed by atoms with E-state index in [2.05, 4.69) is 9.97 Å². The molecule has 7 heteroatoms. The third-order valence-electron chi connectivity index (χ3n) is 4.99. The Balaban J connectivity index is 1.64. The molecule has 2 aromatic carbocycles. The van der Waals surface area contributed by atoms with Crippen molar-refractivity contribution >= 4 is 21.8 Å². The highest BCUT2D eigenvalue weighted by Gasteiger charge is 2.21. The van der Waals surface area contributed by atoms with Gasteiger partial charge in [-0.05, 0) is 55.1 Å². The lowest BCUT2D eigenvalue weighted by molar-refractivity contribution is -0.626. The van der Waals surface area contributed by atoms with E-state index < -0.39 is 0 Å². The fourth-order valence-corrected chi connectivity index (χ4v) is 3.47. The van der Waals surface area contributed by atoms with E-state index >= 15 is 0 Å². The van der Waals surface area contributed by atoms with E-state index in [1.807, 2.05) is 60.5 Å². The van der Waals surface area contributed by atoms with Gasteiger partial charge in [0, 0.05) is 0 Å². The SMILES string of the molecule is Cc1c2ccccc2nc(CN(C)Cc2nc3ccccc3c(C)[n+]2[O-])[n+]1[O-]. The largest absolute Gasteiger partial charge is 0.710 e. The summed E-state index contributed by atoms with van der Waals surface area (Å²) in [6.07, 6.45) is 0. The van der Waals surface area contributed by atoms with Crippen molar-refractivity contribution < 1.29 is 9.46 Å². The normalized spacial score (nSPS) is 11.6. The molecule has 2 heterocycles. The molecule has 4 aromatic rings. The second-order valence-corrected chi connectivity index (χ2v) is 7.02. The summed E-state index contributed by atoms with van der Waals surface area (Å²) in [6, 6.07) is 15.2. The first kappa shape index (κ1) is 18.1. The van der Waals surface area contributed by atoms with Crippen molar-refractivity contribution in [3.05, 3.63) is 82.0 Å². The minimum absolute atomic E-state index is 0.308. The molecule has 7 nitrogen and oxygen atoms in total. The van der Waals surface area contributed by atoms with Gasteiger partial charge in [0.25, 0.3) is 0 Å². The number of fused-ring (bicyclic) bond motifs is 2. The first-order chi connectivity index (χ1) is 13.5. The molecular weight excluding hydrogens is 354 g/mol. The van der Waals surface area contributed by atoms with Gasteiger partial charge in [-0.2, -0.15) is 0 Å². The molecule has 0 unspecified atom stereocenters. The summed E-state index contributed by atoms with van der Waals surface area (Å²) < 4.78 is 1.73. The summed E-state index contributed by atoms with van der Waals surface area (Å²) in [4.78, 5) is 10.9. The summed E-state index contributed by atoms with van der Waals surface area (Å²) in [5, 5.41) is 26.9. The van der Waals surface area contributed by atoms with Crippen LogP contribution in [0.5, 0.6) is 0 Å². The average molecular weight is 375 g/mol. The summed E-state index contributed by atoms with van der Waals surface area (Å²) >= 11 is 0. The number of aromatic nitrogens is 4. The lowest BCUT2D eigenvalue weighted by atomic mass is 10.2. The fourth-order valence-electron chi connectivity index (χ4n) is 3.47. The van der Waals surface area contributed by atoms with Crippen LogP contribution in [0.4, 0.5) is 0 Å². The van der Waals surface area contributed by atoms with Crippen molar-refractivity contribution in [2.75, 3.05) is 7.05 Å². The van der Waals surface area contributed by atoms with E-state index in [-0.39, 0.29) is 0 Å². The van der Waals surface area contributed by atoms with E-state index in [0.29, 0.717) is 36.1 Å². The maximum Gasteiger partial charge on any atom is 0.316 e. The number of nitrogens with zero attached hydrogens (tertiary/aromatic N) is 5. The molecule has 0 spiro atoms. The van der Waals surface area contributed by atoms with Gasteiger partial charge < -0.3 is 10.4 Å². The van der Waals surface area contributed by atoms with E-state index in [4.69, 9.17) is 0 Å². The Bertz CT molecular complexity index is 1100. The molecule has 0 fully saturated rings. The molecule has 2 aromatic heterocycles. The van der Waals surface area contributed by atoms with Crippen molar-refractivity contribution in [1.82, 2.24) is 14.9 Å². The number of para-hydroxylation sites is 2. The van der Waals surface area contributed by atoms with Crippen LogP contribution in [-0.4, -0.2) is 21.9 Å². The second-order valence-electron chi connectivity index (χ2n) is 7.02. The quantitative estimate of drug-likeness (QED) is 0.404. The van der Waals surface area contributed by atoms with Crippen LogP contribution >= 0.6 is 0 Å². The minimum Gasteiger partial charge on any atom is -0.710 e. The summed E-state index contributed by atoms with van der Waals surface area (Å²) in [5.41, 5.74) is 2.81. The van der Waals surface area contributed by atoms with Gasteiger partial charge in [-0.1, -0.05) is 24.3 Å². The summed E-state index contributed by atoms with van der Waals surface area (Å²) in [7, 11) is 1.85. The molecule has 0 amide bonds. The van der Waals surface area contributed by atoms with Crippen molar-refractivity contribution in [3.63, 3.8) is 0 Å². The lowest BCUT2D eigenvalue weighted by Crippen LogP contribution is -2.42. The Kier molecular flexibility index (Phi) is 4.52. The van der Waals surface area contributed by atoms with E-state index in [1.54, 1.807) is 13.8 Å². The highest BCUT2D eigenvalue weighted by Crippen LogP contribution is 2.16. The first-order valence-electron chi connectivity index (χ1n) is 9.10. The molecule has 0 bridgehead atoms. The van der Waals surface area contributed by atoms with E-state index in [0.717, 1.165) is 31.3 Å². The monoisotopic (exact) mass is 375 g/mol. The van der Waals surface area contributed by atoms with Gasteiger partial charge in [0.05, 0.1) is 10.8 Å². The zero-order valence-electron chi connectivity index (χ0n) is 16.1. The molecule has 0 radical (unpaired) electrons. The molecule has 142 valence electrons. The van der Waals surface area contributed by atoms with Crippen molar-refractivity contribution in [3.8, 4) is 0 Å². The predicted octanol–water partition coefficient (Wildman–Crippen LogP) is 2.30. The number of benzene rings is 2. The molecule has 0 N–H and O–H groups in total. The molecule has 0 aliphatic carbocycles. The maximum atomic E-state index is 12.6. The van der Waals surface area contributed by atoms with Gasteiger partial charge in [-0.15, -0.1) is 0 Å². The molecule has 0 atom stereocenters. The zero-order valence-corrected chi connectivity index (χ0v) is 16.1. The van der Waals surface area contributed by atoms with Gasteiger partial charge >= 0.3 is 11.6 Å². The van der Waals surface area contributed by atoms with E-state index in [9.17, 15) is 10.4 Å². The Morgan fingerprint density at radius 3 is 1.57 bits per heavy atom. The van der Waals surface area contributed by atoms with Crippen LogP contribution in [0.3, 0.4) is 0 Å². The van der Waals surface area contributed by atoms with Crippen LogP contribution in [0.25, 0.3) is 21.8 Å². The molecule has 0 aliphatic heterocycles. The van der Waals surface area contributed by atoms with Crippen LogP contribution in [-0.2, 0) is 13.1 Å². The molecule has 28 heavy (non-hydrogen) atoms. The van der Waals surface area contributed by atoms with Crippen molar-refractivity contribution in [2.24, 2.45) is 0 Å². The van der Waals surface area contributed by atoms with Gasteiger partial charge in [0.1, 0.15) is 24.5 Å². The Morgan fingerprint density at radius 1 is 0.750 bits per heavy atom. The van der Waals surface area contributed by atoms with Crippen LogP contribution in [0.2, 0.25) is 0 Å². The Labute approximate surface area is 162 Å². The fraction of sp³-hybridized carbons (Fsp3) is 0.238. The van der Waals surface area contributed by atoms with Crippen molar-refractivity contribution in [2.45, 2.75) is 26.9 Å². The van der Waals surface area contributed by atoms with Gasteiger partial charge in [0.2, 0.25) is 0 Å². The summed E-state index contributed by atoms with van der Waals surface area (Å²) in [6.45, 7) is 4.20. The number of hydrogen-bond acceptors (Lipinski definition) is 5. The highest BCUT2D eigenvalue weighted by atomic mass is 16.5. The number of aryl methyl sites for hydroxylation is 2. The van der Waals surface area contributed by atoms with Gasteiger partial charge in [0.15, 0.2) is 11.0 Å². The Morgan fingerprint density at radius 2 is 1.14 bits per heavy atom. The van der Waals surface area contributed by atoms with Crippen LogP contribution in [0.1, 0.15) is 23.0 Å². The highest BCUT2D eigenvalue weighted by molar-refractivity contribution is 5.80. The number of rotatable bonds is 4. The van der Waals surface area contributed by atoms with Crippen LogP contribution in [0.15, 0.2) is 48.5 Å². The zero-order chi connectivity index (χ0) is 19.8. The third-order valence-corrected chi connectivity index (χ3v) is 4.99. The predicted molar refractivity (Wildman–Crippen MR) is 106 cm³/mol. The average Bonchev–Trinajstić information content (AvgIpc) is 2.70. The minimum atomic E-state index is 0.308. The van der Waals surface area contributed by atoms with Crippen LogP contribution < -0.4 is 9.46 Å². The van der Waals surface area contributed by atoms with Gasteiger partial charge in [-0.3, -0.25) is 4.90 Å². The summed E-state index contributed by atoms with van der Waals surface area (Å²) in [5.74, 6) is 0.794. The molecule has 0 saturated carbocycles. The molecule has 0 aliphatic rings. The molecule has 4 rings (SSSR count). The molecular formula is C21H21N5O2. The smallest absolute Gasteiger partial charge is 0.316 e. The second kappa shape index (κ2) is 7.01. The standard InChI is InChI=1S/C21H21N5O2/c1-14-16-8-4-6-10-18(16)22-20(25(14)27)12-24(3)13-21-23-19-11-7-5-9-17(19)15(2)26(21)28/h4-11H,12-13H2,1-3H3. The third kappa shape index (κ3) is 3.10. The van der Waals surface area contributed by atoms with Crippen molar-refractivity contribution in [1.29, 1.82) is 0 Å². The Hall–Kier alpha value is -3.32. The first-order valence-corrected chi connectivity index (χ1v) is 9.10.